The number of allylic oxidation sites excluding steroid dienone is 16. The molecule has 0 aliphatic rings. The second-order valence-electron chi connectivity index (χ2n) is 18.3. The van der Waals surface area contributed by atoms with E-state index < -0.39 is 18.2 Å². The van der Waals surface area contributed by atoms with E-state index in [-0.39, 0.29) is 31.3 Å². The molecule has 1 amide bonds. The Morgan fingerprint density at radius 3 is 1.35 bits per heavy atom. The number of carbonyl (C=O) groups is 2. The number of esters is 1. The van der Waals surface area contributed by atoms with Gasteiger partial charge in [-0.1, -0.05) is 246 Å². The van der Waals surface area contributed by atoms with E-state index in [0.29, 0.717) is 19.3 Å². The molecule has 3 unspecified atom stereocenters. The zero-order chi connectivity index (χ0) is 48.1. The summed E-state index contributed by atoms with van der Waals surface area (Å²) in [5.74, 6) is -0.610. The van der Waals surface area contributed by atoms with Gasteiger partial charge in [0, 0.05) is 6.42 Å². The number of amides is 1. The van der Waals surface area contributed by atoms with Gasteiger partial charge >= 0.3 is 5.97 Å². The van der Waals surface area contributed by atoms with Crippen molar-refractivity contribution < 1.29 is 24.5 Å². The first-order valence-electron chi connectivity index (χ1n) is 27.5. The van der Waals surface area contributed by atoms with E-state index in [9.17, 15) is 19.8 Å². The van der Waals surface area contributed by atoms with E-state index in [0.717, 1.165) is 83.5 Å². The maximum atomic E-state index is 13.2. The van der Waals surface area contributed by atoms with Crippen LogP contribution in [0.2, 0.25) is 0 Å². The highest BCUT2D eigenvalue weighted by molar-refractivity contribution is 5.77. The molecular weight excluding hydrogens is 815 g/mol. The molecule has 0 rings (SSSR count). The highest BCUT2D eigenvalue weighted by Gasteiger charge is 2.24. The first kappa shape index (κ1) is 62.8. The van der Waals surface area contributed by atoms with E-state index in [1.807, 2.05) is 6.08 Å². The van der Waals surface area contributed by atoms with Crippen LogP contribution in [-0.4, -0.2) is 46.9 Å². The summed E-state index contributed by atoms with van der Waals surface area (Å²) in [6.07, 6.45) is 70.5. The number of hydrogen-bond acceptors (Lipinski definition) is 5. The smallest absolute Gasteiger partial charge is 0.306 e. The summed E-state index contributed by atoms with van der Waals surface area (Å²) >= 11 is 0. The first-order chi connectivity index (χ1) is 32.5. The molecule has 0 saturated heterocycles. The van der Waals surface area contributed by atoms with Crippen LogP contribution in [0, 0.1) is 0 Å². The number of unbranched alkanes of at least 4 members (excludes halogenated alkanes) is 22. The summed E-state index contributed by atoms with van der Waals surface area (Å²) in [6.45, 7) is 6.33. The maximum Gasteiger partial charge on any atom is 0.306 e. The number of aliphatic hydroxyl groups is 2. The summed E-state index contributed by atoms with van der Waals surface area (Å²) < 4.78 is 5.89. The molecular formula is C60H103NO5. The van der Waals surface area contributed by atoms with Crippen LogP contribution < -0.4 is 5.32 Å². The second kappa shape index (κ2) is 52.7. The van der Waals surface area contributed by atoms with Crippen LogP contribution >= 0.6 is 0 Å². The molecule has 66 heavy (non-hydrogen) atoms. The molecule has 0 spiro atoms. The molecule has 3 N–H and O–H groups in total. The number of aliphatic hydroxyl groups excluding tert-OH is 2. The van der Waals surface area contributed by atoms with E-state index >= 15 is 0 Å². The predicted molar refractivity (Wildman–Crippen MR) is 287 cm³/mol. The van der Waals surface area contributed by atoms with E-state index in [1.54, 1.807) is 0 Å². The van der Waals surface area contributed by atoms with Gasteiger partial charge in [0.05, 0.1) is 25.2 Å². The topological polar surface area (TPSA) is 95.9 Å². The highest BCUT2D eigenvalue weighted by Crippen LogP contribution is 2.17. The number of carbonyl (C=O) groups excluding carboxylic acids is 2. The Balaban J connectivity index is 4.76. The van der Waals surface area contributed by atoms with Crippen molar-refractivity contribution in [2.45, 2.75) is 264 Å². The standard InChI is InChI=1S/C60H103NO5/c1-4-7-10-13-16-19-22-25-28-31-33-36-39-42-45-48-51-56(66-60(65)53-50-47-44-41-38-35-32-29-26-23-20-17-14-11-8-5-2)54-59(64)61-57(55-62)58(63)52-49-46-43-40-37-34-30-27-24-21-18-15-12-9-6-3/h8,11,17,20,22,25-26,28-29,31,33,35-36,38,44,47,56-58,62-63H,4-7,9-10,12-16,18-19,21,23-24,27,30,32,34,37,39-43,45-46,48-55H2,1-3H3,(H,61,64)/b11-8+,20-17+,25-22+,29-26+,31-28+,36-33+,38-35+,47-44+. The van der Waals surface area contributed by atoms with Crippen LogP contribution in [-0.2, 0) is 14.3 Å². The van der Waals surface area contributed by atoms with Gasteiger partial charge < -0.3 is 20.3 Å². The molecule has 378 valence electrons. The number of nitrogens with one attached hydrogen (secondary N) is 1. The lowest BCUT2D eigenvalue weighted by molar-refractivity contribution is -0.150. The van der Waals surface area contributed by atoms with E-state index in [1.165, 1.54) is 109 Å². The van der Waals surface area contributed by atoms with Gasteiger partial charge in [-0.05, 0) is 83.5 Å². The highest BCUT2D eigenvalue weighted by atomic mass is 16.5. The average Bonchev–Trinajstić information content (AvgIpc) is 3.31. The fraction of sp³-hybridized carbons (Fsp3) is 0.700. The van der Waals surface area contributed by atoms with Crippen molar-refractivity contribution in [2.75, 3.05) is 6.61 Å². The lowest BCUT2D eigenvalue weighted by atomic mass is 10.0. The monoisotopic (exact) mass is 918 g/mol. The second-order valence-corrected chi connectivity index (χ2v) is 18.3. The summed E-state index contributed by atoms with van der Waals surface area (Å²) in [4.78, 5) is 26.2. The summed E-state index contributed by atoms with van der Waals surface area (Å²) in [5, 5.41) is 23.8. The molecule has 0 aliphatic carbocycles. The lowest BCUT2D eigenvalue weighted by Gasteiger charge is -2.24. The number of hydrogen-bond donors (Lipinski definition) is 3. The van der Waals surface area contributed by atoms with Crippen molar-refractivity contribution in [3.63, 3.8) is 0 Å². The summed E-state index contributed by atoms with van der Waals surface area (Å²) in [5.41, 5.74) is 0. The van der Waals surface area contributed by atoms with Crippen molar-refractivity contribution in [1.82, 2.24) is 5.32 Å². The van der Waals surface area contributed by atoms with Gasteiger partial charge in [0.1, 0.15) is 6.10 Å². The third-order valence-corrected chi connectivity index (χ3v) is 12.0. The molecule has 6 nitrogen and oxygen atoms in total. The fourth-order valence-corrected chi connectivity index (χ4v) is 7.83. The molecule has 0 saturated carbocycles. The van der Waals surface area contributed by atoms with Crippen LogP contribution in [0.4, 0.5) is 0 Å². The van der Waals surface area contributed by atoms with Crippen LogP contribution in [0.15, 0.2) is 97.2 Å². The minimum atomic E-state index is -0.815. The maximum absolute atomic E-state index is 13.2. The molecule has 0 aromatic carbocycles. The van der Waals surface area contributed by atoms with Crippen molar-refractivity contribution in [3.8, 4) is 0 Å². The zero-order valence-corrected chi connectivity index (χ0v) is 43.0. The van der Waals surface area contributed by atoms with Gasteiger partial charge in [-0.3, -0.25) is 9.59 Å². The Hall–Kier alpha value is -3.22. The van der Waals surface area contributed by atoms with Crippen LogP contribution in [0.3, 0.4) is 0 Å². The Morgan fingerprint density at radius 2 is 0.879 bits per heavy atom. The summed E-state index contributed by atoms with van der Waals surface area (Å²) in [6, 6.07) is -0.734. The number of rotatable bonds is 48. The predicted octanol–water partition coefficient (Wildman–Crippen LogP) is 16.9. The fourth-order valence-electron chi connectivity index (χ4n) is 7.83. The molecule has 6 heteroatoms. The van der Waals surface area contributed by atoms with Gasteiger partial charge in [-0.2, -0.15) is 0 Å². The third-order valence-electron chi connectivity index (χ3n) is 12.0. The van der Waals surface area contributed by atoms with Crippen LogP contribution in [0.25, 0.3) is 0 Å². The molecule has 0 radical (unpaired) electrons. The van der Waals surface area contributed by atoms with Gasteiger partial charge in [-0.15, -0.1) is 0 Å². The quantitative estimate of drug-likeness (QED) is 0.0245. The molecule has 0 heterocycles. The molecule has 0 aromatic heterocycles. The molecule has 0 aromatic rings. The van der Waals surface area contributed by atoms with E-state index in [2.05, 4.69) is 117 Å². The van der Waals surface area contributed by atoms with Crippen molar-refractivity contribution in [3.05, 3.63) is 97.2 Å². The Morgan fingerprint density at radius 1 is 0.470 bits per heavy atom. The third kappa shape index (κ3) is 47.3. The summed E-state index contributed by atoms with van der Waals surface area (Å²) in [7, 11) is 0. The average molecular weight is 918 g/mol. The van der Waals surface area contributed by atoms with Crippen LogP contribution in [0.5, 0.6) is 0 Å². The largest absolute Gasteiger partial charge is 0.462 e. The Kier molecular flexibility index (Phi) is 50.2. The SMILES string of the molecule is CC/C=C/C/C=C/C/C=C/C/C=C/C/C=C/CCC(=O)OC(CCCCC/C=C/C=C/C=C/CCCCCCC)CC(=O)NC(CO)C(O)CCCCCCCCCCCCCCCCC. The Bertz CT molecular complexity index is 1310. The van der Waals surface area contributed by atoms with E-state index in [4.69, 9.17) is 4.74 Å². The minimum absolute atomic E-state index is 0.0204. The first-order valence-corrected chi connectivity index (χ1v) is 27.5. The minimum Gasteiger partial charge on any atom is -0.462 e. The van der Waals surface area contributed by atoms with Crippen molar-refractivity contribution in [2.24, 2.45) is 0 Å². The van der Waals surface area contributed by atoms with Crippen molar-refractivity contribution >= 4 is 11.9 Å². The zero-order valence-electron chi connectivity index (χ0n) is 43.0. The molecule has 0 bridgehead atoms. The van der Waals surface area contributed by atoms with Gasteiger partial charge in [0.15, 0.2) is 0 Å². The van der Waals surface area contributed by atoms with Crippen LogP contribution in [0.1, 0.15) is 245 Å². The lowest BCUT2D eigenvalue weighted by Crippen LogP contribution is -2.46. The van der Waals surface area contributed by atoms with Gasteiger partial charge in [0.25, 0.3) is 0 Å². The normalized spacial score (nSPS) is 14.0. The number of ether oxygens (including phenoxy) is 1. The Labute approximate surface area is 407 Å². The molecule has 3 atom stereocenters. The van der Waals surface area contributed by atoms with Gasteiger partial charge in [0.2, 0.25) is 5.91 Å². The van der Waals surface area contributed by atoms with Gasteiger partial charge in [-0.25, -0.2) is 0 Å². The van der Waals surface area contributed by atoms with Crippen molar-refractivity contribution in [1.29, 1.82) is 0 Å². The molecule has 0 fully saturated rings. The molecule has 0 aliphatic heterocycles.